The molecule has 0 radical (unpaired) electrons. The summed E-state index contributed by atoms with van der Waals surface area (Å²) < 4.78 is 15.3. The van der Waals surface area contributed by atoms with Crippen molar-refractivity contribution in [1.29, 1.82) is 0 Å². The molecule has 2 atom stereocenters. The molecule has 1 saturated heterocycles. The molecule has 1 heterocycles. The Morgan fingerprint density at radius 1 is 1.43 bits per heavy atom. The summed E-state index contributed by atoms with van der Waals surface area (Å²) in [5.74, 6) is -1.39. The van der Waals surface area contributed by atoms with Crippen LogP contribution in [0.5, 0.6) is 0 Å². The molecule has 6 nitrogen and oxygen atoms in total. The topological polar surface area (TPSA) is 78.9 Å². The number of esters is 3. The minimum atomic E-state index is -0.625. The number of rotatable bonds is 5. The lowest BCUT2D eigenvalue weighted by Gasteiger charge is -2.23. The van der Waals surface area contributed by atoms with E-state index in [1.165, 1.54) is 0 Å². The highest BCUT2D eigenvalue weighted by Crippen LogP contribution is 2.31. The number of hydrogen-bond acceptors (Lipinski definition) is 6. The third-order valence-corrected chi connectivity index (χ3v) is 3.99. The van der Waals surface area contributed by atoms with Crippen LogP contribution in [0.3, 0.4) is 0 Å². The SMILES string of the molecule is CCC(C)(C)C(=O)OCC(=O)OC1CC=C2CC1OC2=O. The molecule has 6 heteroatoms. The fraction of sp³-hybridized carbons (Fsp3) is 0.667. The molecule has 2 bridgehead atoms. The van der Waals surface area contributed by atoms with E-state index in [1.54, 1.807) is 19.9 Å². The molecule has 0 N–H and O–H groups in total. The second-order valence-electron chi connectivity index (χ2n) is 5.95. The first-order valence-corrected chi connectivity index (χ1v) is 7.10. The molecule has 0 aromatic rings. The van der Waals surface area contributed by atoms with Crippen LogP contribution in [0, 0.1) is 5.41 Å². The zero-order valence-corrected chi connectivity index (χ0v) is 12.5. The van der Waals surface area contributed by atoms with Crippen LogP contribution in [0.15, 0.2) is 11.6 Å². The summed E-state index contributed by atoms with van der Waals surface area (Å²) in [6.07, 6.45) is 2.37. The lowest BCUT2D eigenvalue weighted by atomic mass is 9.91. The molecular formula is C15H20O6. The van der Waals surface area contributed by atoms with Crippen LogP contribution in [0.1, 0.15) is 40.0 Å². The molecular weight excluding hydrogens is 276 g/mol. The van der Waals surface area contributed by atoms with Gasteiger partial charge in [-0.05, 0) is 20.3 Å². The normalized spacial score (nSPS) is 24.1. The molecule has 0 saturated carbocycles. The third kappa shape index (κ3) is 3.43. The first kappa shape index (κ1) is 15.5. The quantitative estimate of drug-likeness (QED) is 0.565. The van der Waals surface area contributed by atoms with Crippen molar-refractivity contribution in [2.24, 2.45) is 5.41 Å². The van der Waals surface area contributed by atoms with Gasteiger partial charge < -0.3 is 14.2 Å². The van der Waals surface area contributed by atoms with Crippen molar-refractivity contribution >= 4 is 17.9 Å². The van der Waals surface area contributed by atoms with E-state index in [0.717, 1.165) is 0 Å². The van der Waals surface area contributed by atoms with Gasteiger partial charge in [0.15, 0.2) is 6.61 Å². The molecule has 0 aromatic carbocycles. The smallest absolute Gasteiger partial charge is 0.344 e. The highest BCUT2D eigenvalue weighted by molar-refractivity contribution is 5.91. The van der Waals surface area contributed by atoms with Gasteiger partial charge in [-0.3, -0.25) is 4.79 Å². The Morgan fingerprint density at radius 3 is 2.81 bits per heavy atom. The Kier molecular flexibility index (Phi) is 4.34. The van der Waals surface area contributed by atoms with Crippen molar-refractivity contribution < 1.29 is 28.6 Å². The van der Waals surface area contributed by atoms with Crippen LogP contribution in [0.2, 0.25) is 0 Å². The van der Waals surface area contributed by atoms with Crippen molar-refractivity contribution in [3.63, 3.8) is 0 Å². The maximum absolute atomic E-state index is 11.8. The number of carbonyl (C=O) groups excluding carboxylic acids is 3. The number of hydrogen-bond donors (Lipinski definition) is 0. The maximum atomic E-state index is 11.8. The molecule has 0 aromatic heterocycles. The van der Waals surface area contributed by atoms with Gasteiger partial charge in [0.05, 0.1) is 5.41 Å². The van der Waals surface area contributed by atoms with Crippen molar-refractivity contribution in [1.82, 2.24) is 0 Å². The molecule has 0 spiro atoms. The average Bonchev–Trinajstić information content (AvgIpc) is 2.75. The van der Waals surface area contributed by atoms with Crippen LogP contribution < -0.4 is 0 Å². The lowest BCUT2D eigenvalue weighted by molar-refractivity contribution is -0.171. The van der Waals surface area contributed by atoms with Gasteiger partial charge in [0.25, 0.3) is 0 Å². The van der Waals surface area contributed by atoms with Crippen LogP contribution >= 0.6 is 0 Å². The van der Waals surface area contributed by atoms with Crippen LogP contribution in [-0.2, 0) is 28.6 Å². The van der Waals surface area contributed by atoms with E-state index in [2.05, 4.69) is 0 Å². The van der Waals surface area contributed by atoms with Gasteiger partial charge >= 0.3 is 17.9 Å². The van der Waals surface area contributed by atoms with E-state index in [0.29, 0.717) is 24.8 Å². The summed E-state index contributed by atoms with van der Waals surface area (Å²) in [4.78, 5) is 34.8. The van der Waals surface area contributed by atoms with Gasteiger partial charge in [-0.1, -0.05) is 13.0 Å². The van der Waals surface area contributed by atoms with Gasteiger partial charge in [-0.2, -0.15) is 0 Å². The summed E-state index contributed by atoms with van der Waals surface area (Å²) in [6.45, 7) is 4.97. The fourth-order valence-corrected chi connectivity index (χ4v) is 2.13. The molecule has 116 valence electrons. The number of fused-ring (bicyclic) bond motifs is 2. The molecule has 2 unspecified atom stereocenters. The first-order chi connectivity index (χ1) is 9.83. The van der Waals surface area contributed by atoms with Gasteiger partial charge in [0.1, 0.15) is 12.2 Å². The summed E-state index contributed by atoms with van der Waals surface area (Å²) in [5, 5.41) is 0. The molecule has 0 amide bonds. The largest absolute Gasteiger partial charge is 0.456 e. The lowest BCUT2D eigenvalue weighted by Crippen LogP contribution is -2.34. The van der Waals surface area contributed by atoms with E-state index in [1.807, 2.05) is 6.92 Å². The van der Waals surface area contributed by atoms with Crippen molar-refractivity contribution in [3.8, 4) is 0 Å². The standard InChI is InChI=1S/C15H20O6/c1-4-15(2,3)14(18)19-8-12(16)20-10-6-5-9-7-11(10)21-13(9)17/h5,10-11H,4,6-8H2,1-3H3. The van der Waals surface area contributed by atoms with Crippen molar-refractivity contribution in [2.45, 2.75) is 52.2 Å². The highest BCUT2D eigenvalue weighted by Gasteiger charge is 2.40. The predicted molar refractivity (Wildman–Crippen MR) is 72.1 cm³/mol. The van der Waals surface area contributed by atoms with Crippen LogP contribution in [-0.4, -0.2) is 36.7 Å². The number of carbonyl (C=O) groups is 3. The summed E-state index contributed by atoms with van der Waals surface area (Å²) in [7, 11) is 0. The van der Waals surface area contributed by atoms with E-state index in [4.69, 9.17) is 14.2 Å². The molecule has 1 aliphatic carbocycles. The zero-order valence-electron chi connectivity index (χ0n) is 12.5. The Balaban J connectivity index is 1.80. The predicted octanol–water partition coefficient (Wildman–Crippen LogP) is 1.52. The molecule has 1 aliphatic heterocycles. The van der Waals surface area contributed by atoms with Crippen molar-refractivity contribution in [3.05, 3.63) is 11.6 Å². The molecule has 2 rings (SSSR count). The average molecular weight is 296 g/mol. The van der Waals surface area contributed by atoms with Crippen LogP contribution in [0.25, 0.3) is 0 Å². The minimum Gasteiger partial charge on any atom is -0.456 e. The van der Waals surface area contributed by atoms with E-state index in [-0.39, 0.29) is 5.97 Å². The first-order valence-electron chi connectivity index (χ1n) is 7.10. The Morgan fingerprint density at radius 2 is 2.14 bits per heavy atom. The van der Waals surface area contributed by atoms with Gasteiger partial charge in [0.2, 0.25) is 0 Å². The van der Waals surface area contributed by atoms with E-state index < -0.39 is 36.2 Å². The number of ether oxygens (including phenoxy) is 3. The van der Waals surface area contributed by atoms with Gasteiger partial charge in [0, 0.05) is 18.4 Å². The maximum Gasteiger partial charge on any atom is 0.344 e. The van der Waals surface area contributed by atoms with E-state index >= 15 is 0 Å². The Hall–Kier alpha value is -1.85. The highest BCUT2D eigenvalue weighted by atomic mass is 16.6. The second kappa shape index (κ2) is 5.87. The molecule has 1 fully saturated rings. The zero-order chi connectivity index (χ0) is 15.6. The molecule has 21 heavy (non-hydrogen) atoms. The second-order valence-corrected chi connectivity index (χ2v) is 5.95. The Labute approximate surface area is 123 Å². The van der Waals surface area contributed by atoms with Gasteiger partial charge in [-0.15, -0.1) is 0 Å². The Bertz CT molecular complexity index is 490. The summed E-state index contributed by atoms with van der Waals surface area (Å²) in [5.41, 5.74) is 0.0208. The van der Waals surface area contributed by atoms with Crippen LogP contribution in [0.4, 0.5) is 0 Å². The van der Waals surface area contributed by atoms with E-state index in [9.17, 15) is 14.4 Å². The fourth-order valence-electron chi connectivity index (χ4n) is 2.13. The summed E-state index contributed by atoms with van der Waals surface area (Å²) in [6, 6.07) is 0. The monoisotopic (exact) mass is 296 g/mol. The van der Waals surface area contributed by atoms with Gasteiger partial charge in [-0.25, -0.2) is 9.59 Å². The van der Waals surface area contributed by atoms with Crippen molar-refractivity contribution in [2.75, 3.05) is 6.61 Å². The molecule has 2 aliphatic rings. The minimum absolute atomic E-state index is 0.338. The third-order valence-electron chi connectivity index (χ3n) is 3.99. The summed E-state index contributed by atoms with van der Waals surface area (Å²) >= 11 is 0.